The molecule has 0 bridgehead atoms. The van der Waals surface area contributed by atoms with Crippen LogP contribution in [0, 0.1) is 13.8 Å². The van der Waals surface area contributed by atoms with Gasteiger partial charge in [-0.2, -0.15) is 0 Å². The van der Waals surface area contributed by atoms with Gasteiger partial charge in [-0.05, 0) is 94.8 Å². The lowest BCUT2D eigenvalue weighted by molar-refractivity contribution is 0.767. The Morgan fingerprint density at radius 2 is 0.850 bits per heavy atom. The largest absolute Gasteiger partial charge is 0.310 e. The molecule has 0 aliphatic heterocycles. The molecule has 7 rings (SSSR count). The summed E-state index contributed by atoms with van der Waals surface area (Å²) in [6, 6.07) is 55.3. The van der Waals surface area contributed by atoms with E-state index in [-0.39, 0.29) is 0 Å². The van der Waals surface area contributed by atoms with Crippen LogP contribution in [0.15, 0.2) is 152 Å². The van der Waals surface area contributed by atoms with E-state index < -0.39 is 5.41 Å². The first-order valence-corrected chi connectivity index (χ1v) is 14.0. The zero-order chi connectivity index (χ0) is 27.1. The van der Waals surface area contributed by atoms with Gasteiger partial charge in [0.1, 0.15) is 0 Å². The van der Waals surface area contributed by atoms with E-state index >= 15 is 0 Å². The van der Waals surface area contributed by atoms with E-state index in [0.717, 1.165) is 17.1 Å². The second kappa shape index (κ2) is 9.70. The molecule has 0 aromatic heterocycles. The summed E-state index contributed by atoms with van der Waals surface area (Å²) in [7, 11) is 0. The number of fused-ring (bicyclic) bond motifs is 3. The van der Waals surface area contributed by atoms with Gasteiger partial charge in [-0.15, -0.1) is 0 Å². The molecule has 1 aliphatic rings. The lowest BCUT2D eigenvalue weighted by atomic mass is 9.67. The standard InChI is InChI=1S/C39H31N/c1-28-25-36-35-24-23-34(40(32-19-11-5-12-20-32)33-21-13-6-14-22-33)27-38(35)39(37(36)26-29(28)2,30-15-7-3-8-16-30)31-17-9-4-10-18-31/h3-27H,1-2H3. The first-order valence-electron chi connectivity index (χ1n) is 14.0. The van der Waals surface area contributed by atoms with Gasteiger partial charge in [0.2, 0.25) is 0 Å². The van der Waals surface area contributed by atoms with Crippen molar-refractivity contribution in [2.75, 3.05) is 4.90 Å². The van der Waals surface area contributed by atoms with E-state index in [1.54, 1.807) is 0 Å². The zero-order valence-corrected chi connectivity index (χ0v) is 22.9. The third-order valence-corrected chi connectivity index (χ3v) is 8.44. The number of aryl methyl sites for hydroxylation is 2. The van der Waals surface area contributed by atoms with Crippen LogP contribution < -0.4 is 4.90 Å². The van der Waals surface area contributed by atoms with Crippen molar-refractivity contribution < 1.29 is 0 Å². The summed E-state index contributed by atoms with van der Waals surface area (Å²) in [5.74, 6) is 0. The summed E-state index contributed by atoms with van der Waals surface area (Å²) >= 11 is 0. The van der Waals surface area contributed by atoms with Crippen molar-refractivity contribution in [3.63, 3.8) is 0 Å². The second-order valence-electron chi connectivity index (χ2n) is 10.7. The van der Waals surface area contributed by atoms with Crippen molar-refractivity contribution in [3.8, 4) is 11.1 Å². The van der Waals surface area contributed by atoms with Crippen LogP contribution >= 0.6 is 0 Å². The summed E-state index contributed by atoms with van der Waals surface area (Å²) in [5, 5.41) is 0. The van der Waals surface area contributed by atoms with Crippen LogP contribution in [0.1, 0.15) is 33.4 Å². The Hall–Kier alpha value is -4.88. The molecule has 6 aromatic carbocycles. The average molecular weight is 514 g/mol. The normalized spacial score (nSPS) is 12.9. The molecule has 0 fully saturated rings. The summed E-state index contributed by atoms with van der Waals surface area (Å²) in [4.78, 5) is 2.36. The molecule has 1 nitrogen and oxygen atoms in total. The highest BCUT2D eigenvalue weighted by Gasteiger charge is 2.46. The molecule has 6 aromatic rings. The van der Waals surface area contributed by atoms with Crippen LogP contribution in [0.5, 0.6) is 0 Å². The van der Waals surface area contributed by atoms with E-state index in [2.05, 4.69) is 170 Å². The number of hydrogen-bond donors (Lipinski definition) is 0. The smallest absolute Gasteiger partial charge is 0.0714 e. The third-order valence-electron chi connectivity index (χ3n) is 8.44. The molecule has 0 unspecified atom stereocenters. The van der Waals surface area contributed by atoms with Gasteiger partial charge in [0.05, 0.1) is 5.41 Å². The number of anilines is 3. The van der Waals surface area contributed by atoms with Crippen molar-refractivity contribution in [2.45, 2.75) is 19.3 Å². The van der Waals surface area contributed by atoms with Gasteiger partial charge in [0.25, 0.3) is 0 Å². The third kappa shape index (κ3) is 3.70. The molecule has 192 valence electrons. The molecule has 0 N–H and O–H groups in total. The molecule has 0 spiro atoms. The lowest BCUT2D eigenvalue weighted by Gasteiger charge is -2.35. The van der Waals surface area contributed by atoms with Crippen molar-refractivity contribution in [3.05, 3.63) is 185 Å². The fraction of sp³-hybridized carbons (Fsp3) is 0.0769. The van der Waals surface area contributed by atoms with Crippen LogP contribution in [0.25, 0.3) is 11.1 Å². The van der Waals surface area contributed by atoms with Crippen molar-refractivity contribution in [2.24, 2.45) is 0 Å². The van der Waals surface area contributed by atoms with E-state index in [1.165, 1.54) is 44.5 Å². The molecule has 1 aliphatic carbocycles. The first kappa shape index (κ1) is 24.2. The van der Waals surface area contributed by atoms with E-state index in [0.29, 0.717) is 0 Å². The highest BCUT2D eigenvalue weighted by molar-refractivity contribution is 5.90. The SMILES string of the molecule is Cc1cc2c(cc1C)C(c1ccccc1)(c1ccccc1)c1cc(N(c3ccccc3)c3ccccc3)ccc1-2. The Kier molecular flexibility index (Phi) is 5.86. The number of rotatable bonds is 5. The van der Waals surface area contributed by atoms with Gasteiger partial charge in [0, 0.05) is 17.1 Å². The Balaban J connectivity index is 1.57. The fourth-order valence-electron chi connectivity index (χ4n) is 6.48. The van der Waals surface area contributed by atoms with Crippen LogP contribution in [-0.2, 0) is 5.41 Å². The fourth-order valence-corrected chi connectivity index (χ4v) is 6.48. The number of para-hydroxylation sites is 2. The molecule has 1 heteroatoms. The van der Waals surface area contributed by atoms with Gasteiger partial charge in [-0.3, -0.25) is 0 Å². The van der Waals surface area contributed by atoms with Gasteiger partial charge < -0.3 is 4.90 Å². The Bertz CT molecular complexity index is 1710. The maximum atomic E-state index is 2.43. The van der Waals surface area contributed by atoms with Crippen LogP contribution in [0.4, 0.5) is 17.1 Å². The maximum absolute atomic E-state index is 2.43. The highest BCUT2D eigenvalue weighted by atomic mass is 15.1. The Labute approximate surface area is 237 Å². The van der Waals surface area contributed by atoms with Crippen molar-refractivity contribution >= 4 is 17.1 Å². The van der Waals surface area contributed by atoms with Crippen molar-refractivity contribution in [1.82, 2.24) is 0 Å². The monoisotopic (exact) mass is 513 g/mol. The number of benzene rings is 6. The number of nitrogens with zero attached hydrogens (tertiary/aromatic N) is 1. The molecule has 0 atom stereocenters. The van der Waals surface area contributed by atoms with E-state index in [4.69, 9.17) is 0 Å². The predicted octanol–water partition coefficient (Wildman–Crippen LogP) is 10.1. The van der Waals surface area contributed by atoms with Crippen molar-refractivity contribution in [1.29, 1.82) is 0 Å². The minimum absolute atomic E-state index is 0.430. The summed E-state index contributed by atoms with van der Waals surface area (Å²) in [6.07, 6.45) is 0. The molecule has 0 radical (unpaired) electrons. The first-order chi connectivity index (χ1) is 19.7. The summed E-state index contributed by atoms with van der Waals surface area (Å²) < 4.78 is 0. The van der Waals surface area contributed by atoms with E-state index in [9.17, 15) is 0 Å². The zero-order valence-electron chi connectivity index (χ0n) is 22.9. The lowest BCUT2D eigenvalue weighted by Crippen LogP contribution is -2.29. The van der Waals surface area contributed by atoms with Crippen LogP contribution in [0.3, 0.4) is 0 Å². The molecule has 0 saturated heterocycles. The van der Waals surface area contributed by atoms with E-state index in [1.807, 2.05) is 0 Å². The van der Waals surface area contributed by atoms with Crippen LogP contribution in [0.2, 0.25) is 0 Å². The summed E-state index contributed by atoms with van der Waals surface area (Å²) in [5.41, 5.74) is 13.5. The molecule has 0 saturated carbocycles. The van der Waals surface area contributed by atoms with Gasteiger partial charge in [0.15, 0.2) is 0 Å². The topological polar surface area (TPSA) is 3.24 Å². The average Bonchev–Trinajstić information content (AvgIpc) is 3.29. The van der Waals surface area contributed by atoms with Gasteiger partial charge >= 0.3 is 0 Å². The van der Waals surface area contributed by atoms with Gasteiger partial charge in [-0.25, -0.2) is 0 Å². The number of hydrogen-bond acceptors (Lipinski definition) is 1. The molecule has 0 heterocycles. The summed E-state index contributed by atoms with van der Waals surface area (Å²) in [6.45, 7) is 4.46. The quantitative estimate of drug-likeness (QED) is 0.221. The molecule has 40 heavy (non-hydrogen) atoms. The Morgan fingerprint density at radius 3 is 1.38 bits per heavy atom. The highest BCUT2D eigenvalue weighted by Crippen LogP contribution is 2.57. The van der Waals surface area contributed by atoms with Gasteiger partial charge in [-0.1, -0.05) is 115 Å². The predicted molar refractivity (Wildman–Crippen MR) is 168 cm³/mol. The molecular formula is C39H31N. The minimum atomic E-state index is -0.430. The Morgan fingerprint density at radius 1 is 0.400 bits per heavy atom. The minimum Gasteiger partial charge on any atom is -0.310 e. The molecule has 0 amide bonds. The van der Waals surface area contributed by atoms with Crippen LogP contribution in [-0.4, -0.2) is 0 Å². The molecular weight excluding hydrogens is 482 g/mol. The maximum Gasteiger partial charge on any atom is 0.0714 e. The second-order valence-corrected chi connectivity index (χ2v) is 10.7.